The summed E-state index contributed by atoms with van der Waals surface area (Å²) >= 11 is 1.51. The molecule has 2 atom stereocenters. The summed E-state index contributed by atoms with van der Waals surface area (Å²) in [4.78, 5) is 27.8. The molecule has 2 N–H and O–H groups in total. The van der Waals surface area contributed by atoms with Gasteiger partial charge in [0.2, 0.25) is 5.91 Å². The molecular weight excluding hydrogens is 288 g/mol. The molecule has 1 amide bonds. The standard InChI is InChI=1S/C15H16N2O3S/c18-14(10-3-1-2-4-11(10)15(19)20)17-9-5-6-12-13(7-9)21-8-16-12/h5-8,10-11H,1-4H2,(H,17,18)(H,19,20). The van der Waals surface area contributed by atoms with Crippen LogP contribution in [0.2, 0.25) is 0 Å². The van der Waals surface area contributed by atoms with Gasteiger partial charge in [0, 0.05) is 5.69 Å². The minimum absolute atomic E-state index is 0.189. The molecule has 2 unspecified atom stereocenters. The number of carboxylic acid groups (broad SMARTS) is 1. The molecule has 1 heterocycles. The number of amides is 1. The molecule has 5 nitrogen and oxygen atoms in total. The molecule has 1 aromatic heterocycles. The zero-order valence-corrected chi connectivity index (χ0v) is 12.2. The van der Waals surface area contributed by atoms with Gasteiger partial charge in [-0.15, -0.1) is 11.3 Å². The van der Waals surface area contributed by atoms with Gasteiger partial charge in [-0.2, -0.15) is 0 Å². The zero-order chi connectivity index (χ0) is 14.8. The van der Waals surface area contributed by atoms with Crippen LogP contribution in [0.1, 0.15) is 25.7 Å². The van der Waals surface area contributed by atoms with E-state index in [0.29, 0.717) is 18.5 Å². The van der Waals surface area contributed by atoms with E-state index in [1.54, 1.807) is 11.6 Å². The van der Waals surface area contributed by atoms with Crippen LogP contribution < -0.4 is 5.32 Å². The van der Waals surface area contributed by atoms with Crippen molar-refractivity contribution < 1.29 is 14.7 Å². The number of anilines is 1. The Morgan fingerprint density at radius 3 is 2.76 bits per heavy atom. The van der Waals surface area contributed by atoms with Crippen molar-refractivity contribution in [3.63, 3.8) is 0 Å². The Morgan fingerprint density at radius 1 is 1.24 bits per heavy atom. The first-order chi connectivity index (χ1) is 10.1. The lowest BCUT2D eigenvalue weighted by Gasteiger charge is -2.27. The second-order valence-corrected chi connectivity index (χ2v) is 6.25. The highest BCUT2D eigenvalue weighted by Crippen LogP contribution is 2.31. The molecule has 1 saturated carbocycles. The number of hydrogen-bond acceptors (Lipinski definition) is 4. The van der Waals surface area contributed by atoms with Crippen LogP contribution in [0, 0.1) is 11.8 Å². The van der Waals surface area contributed by atoms with Gasteiger partial charge in [0.15, 0.2) is 0 Å². The molecule has 6 heteroatoms. The highest BCUT2D eigenvalue weighted by molar-refractivity contribution is 7.16. The van der Waals surface area contributed by atoms with Gasteiger partial charge >= 0.3 is 5.97 Å². The number of carbonyl (C=O) groups excluding carboxylic acids is 1. The number of carboxylic acids is 1. The molecule has 0 bridgehead atoms. The minimum atomic E-state index is -0.868. The summed E-state index contributed by atoms with van der Waals surface area (Å²) in [5.74, 6) is -2.06. The summed E-state index contributed by atoms with van der Waals surface area (Å²) in [6, 6.07) is 5.54. The second kappa shape index (κ2) is 5.81. The normalized spacial score (nSPS) is 22.1. The van der Waals surface area contributed by atoms with Crippen LogP contribution in [0.25, 0.3) is 10.2 Å². The van der Waals surface area contributed by atoms with Gasteiger partial charge < -0.3 is 10.4 Å². The number of aromatic nitrogens is 1. The molecular formula is C15H16N2O3S. The van der Waals surface area contributed by atoms with Crippen molar-refractivity contribution in [2.45, 2.75) is 25.7 Å². The third kappa shape index (κ3) is 2.90. The number of benzene rings is 1. The highest BCUT2D eigenvalue weighted by atomic mass is 32.1. The van der Waals surface area contributed by atoms with Gasteiger partial charge in [0.05, 0.1) is 27.6 Å². The van der Waals surface area contributed by atoms with Crippen molar-refractivity contribution in [1.82, 2.24) is 4.98 Å². The Morgan fingerprint density at radius 2 is 2.00 bits per heavy atom. The van der Waals surface area contributed by atoms with E-state index < -0.39 is 17.8 Å². The maximum atomic E-state index is 12.4. The number of carbonyl (C=O) groups is 2. The number of fused-ring (bicyclic) bond motifs is 1. The molecule has 2 aromatic rings. The van der Waals surface area contributed by atoms with Gasteiger partial charge in [-0.05, 0) is 31.0 Å². The molecule has 0 spiro atoms. The molecule has 0 radical (unpaired) electrons. The zero-order valence-electron chi connectivity index (χ0n) is 11.4. The summed E-state index contributed by atoms with van der Waals surface area (Å²) in [6.45, 7) is 0. The summed E-state index contributed by atoms with van der Waals surface area (Å²) in [5, 5.41) is 12.1. The predicted octanol–water partition coefficient (Wildman–Crippen LogP) is 3.13. The molecule has 0 aliphatic heterocycles. The van der Waals surface area contributed by atoms with Gasteiger partial charge in [0.25, 0.3) is 0 Å². The lowest BCUT2D eigenvalue weighted by Crippen LogP contribution is -2.36. The van der Waals surface area contributed by atoms with Gasteiger partial charge in [0.1, 0.15) is 0 Å². The van der Waals surface area contributed by atoms with Crippen LogP contribution in [0.4, 0.5) is 5.69 Å². The van der Waals surface area contributed by atoms with Crippen molar-refractivity contribution in [3.05, 3.63) is 23.7 Å². The van der Waals surface area contributed by atoms with Gasteiger partial charge in [-0.3, -0.25) is 9.59 Å². The molecule has 110 valence electrons. The fourth-order valence-electron chi connectivity index (χ4n) is 2.91. The van der Waals surface area contributed by atoms with E-state index in [0.717, 1.165) is 23.1 Å². The highest BCUT2D eigenvalue weighted by Gasteiger charge is 2.35. The van der Waals surface area contributed by atoms with Crippen LogP contribution in [-0.2, 0) is 9.59 Å². The SMILES string of the molecule is O=C(O)C1CCCCC1C(=O)Nc1ccc2ncsc2c1. The topological polar surface area (TPSA) is 79.3 Å². The summed E-state index contributed by atoms with van der Waals surface area (Å²) in [5.41, 5.74) is 3.36. The Hall–Kier alpha value is -1.95. The van der Waals surface area contributed by atoms with Crippen LogP contribution in [0.5, 0.6) is 0 Å². The Balaban J connectivity index is 1.76. The maximum absolute atomic E-state index is 12.4. The minimum Gasteiger partial charge on any atom is -0.481 e. The van der Waals surface area contributed by atoms with Crippen molar-refractivity contribution in [2.24, 2.45) is 11.8 Å². The molecule has 1 fully saturated rings. The van der Waals surface area contributed by atoms with Crippen molar-refractivity contribution in [3.8, 4) is 0 Å². The number of nitrogens with one attached hydrogen (secondary N) is 1. The van der Waals surface area contributed by atoms with Crippen LogP contribution >= 0.6 is 11.3 Å². The Bertz CT molecular complexity index is 682. The lowest BCUT2D eigenvalue weighted by atomic mass is 9.78. The molecule has 1 aliphatic rings. The van der Waals surface area contributed by atoms with Crippen LogP contribution in [0.3, 0.4) is 0 Å². The number of hydrogen-bond donors (Lipinski definition) is 2. The molecule has 21 heavy (non-hydrogen) atoms. The number of aliphatic carboxylic acids is 1. The molecule has 1 aliphatic carbocycles. The van der Waals surface area contributed by atoms with E-state index in [1.165, 1.54) is 11.3 Å². The van der Waals surface area contributed by atoms with Crippen molar-refractivity contribution >= 4 is 39.1 Å². The number of thiazole rings is 1. The number of nitrogens with zero attached hydrogens (tertiary/aromatic N) is 1. The van der Waals surface area contributed by atoms with E-state index in [4.69, 9.17) is 0 Å². The van der Waals surface area contributed by atoms with Gasteiger partial charge in [-0.1, -0.05) is 12.8 Å². The first kappa shape index (κ1) is 14.0. The fourth-order valence-corrected chi connectivity index (χ4v) is 3.62. The molecule has 3 rings (SSSR count). The summed E-state index contributed by atoms with van der Waals surface area (Å²) in [7, 11) is 0. The quantitative estimate of drug-likeness (QED) is 0.913. The van der Waals surface area contributed by atoms with E-state index in [1.807, 2.05) is 12.1 Å². The maximum Gasteiger partial charge on any atom is 0.307 e. The molecule has 0 saturated heterocycles. The number of rotatable bonds is 3. The second-order valence-electron chi connectivity index (χ2n) is 5.36. The Kier molecular flexibility index (Phi) is 3.88. The fraction of sp³-hybridized carbons (Fsp3) is 0.400. The first-order valence-electron chi connectivity index (χ1n) is 7.02. The summed E-state index contributed by atoms with van der Waals surface area (Å²) < 4.78 is 1.01. The molecule has 1 aromatic carbocycles. The largest absolute Gasteiger partial charge is 0.481 e. The summed E-state index contributed by atoms with van der Waals surface area (Å²) in [6.07, 6.45) is 3.02. The first-order valence-corrected chi connectivity index (χ1v) is 7.90. The van der Waals surface area contributed by atoms with Crippen LogP contribution in [-0.4, -0.2) is 22.0 Å². The smallest absolute Gasteiger partial charge is 0.307 e. The average molecular weight is 304 g/mol. The van der Waals surface area contributed by atoms with E-state index in [2.05, 4.69) is 10.3 Å². The monoisotopic (exact) mass is 304 g/mol. The predicted molar refractivity (Wildman–Crippen MR) is 81.3 cm³/mol. The van der Waals surface area contributed by atoms with Crippen LogP contribution in [0.15, 0.2) is 23.7 Å². The van der Waals surface area contributed by atoms with Crippen molar-refractivity contribution in [2.75, 3.05) is 5.32 Å². The third-order valence-corrected chi connectivity index (χ3v) is 4.81. The lowest BCUT2D eigenvalue weighted by molar-refractivity contribution is -0.147. The Labute approximate surface area is 126 Å². The van der Waals surface area contributed by atoms with E-state index in [-0.39, 0.29) is 5.91 Å². The third-order valence-electron chi connectivity index (χ3n) is 4.02. The average Bonchev–Trinajstić information content (AvgIpc) is 2.94. The van der Waals surface area contributed by atoms with E-state index in [9.17, 15) is 14.7 Å². The van der Waals surface area contributed by atoms with E-state index >= 15 is 0 Å². The van der Waals surface area contributed by atoms with Gasteiger partial charge in [-0.25, -0.2) is 4.98 Å². The van der Waals surface area contributed by atoms with Crippen molar-refractivity contribution in [1.29, 1.82) is 0 Å².